The van der Waals surface area contributed by atoms with Gasteiger partial charge in [-0.2, -0.15) is 5.26 Å². The molecule has 27 heavy (non-hydrogen) atoms. The zero-order valence-electron chi connectivity index (χ0n) is 15.7. The number of hydrogen-bond donors (Lipinski definition) is 2. The number of aryl methyl sites for hydroxylation is 1. The summed E-state index contributed by atoms with van der Waals surface area (Å²) in [5, 5.41) is 15.6. The lowest BCUT2D eigenvalue weighted by Crippen LogP contribution is -2.36. The summed E-state index contributed by atoms with van der Waals surface area (Å²) >= 11 is 5.94. The van der Waals surface area contributed by atoms with Crippen LogP contribution in [0.1, 0.15) is 44.4 Å². The number of nitrogens with one attached hydrogen (secondary N) is 2. The van der Waals surface area contributed by atoms with Crippen molar-refractivity contribution in [1.82, 2.24) is 5.32 Å². The molecule has 1 aliphatic rings. The number of rotatable bonds is 3. The lowest BCUT2D eigenvalue weighted by molar-refractivity contribution is 0.0732. The van der Waals surface area contributed by atoms with Crippen molar-refractivity contribution in [3.63, 3.8) is 0 Å². The van der Waals surface area contributed by atoms with Crippen LogP contribution in [-0.2, 0) is 6.42 Å². The molecule has 2 aromatic carbocycles. The molecule has 0 bridgehead atoms. The van der Waals surface area contributed by atoms with E-state index >= 15 is 0 Å². The monoisotopic (exact) mass is 382 g/mol. The highest BCUT2D eigenvalue weighted by molar-refractivity contribution is 6.30. The number of aliphatic imine (C=N–C) groups is 1. The zero-order valence-corrected chi connectivity index (χ0v) is 16.5. The Morgan fingerprint density at radius 3 is 2.70 bits per heavy atom. The Labute approximate surface area is 165 Å². The van der Waals surface area contributed by atoms with Crippen molar-refractivity contribution in [2.24, 2.45) is 4.99 Å². The second-order valence-electron chi connectivity index (χ2n) is 7.15. The highest BCUT2D eigenvalue weighted by Crippen LogP contribution is 2.42. The van der Waals surface area contributed by atoms with Crippen molar-refractivity contribution in [2.75, 3.05) is 5.32 Å². The molecular weight excluding hydrogens is 360 g/mol. The van der Waals surface area contributed by atoms with E-state index in [0.29, 0.717) is 17.4 Å². The lowest BCUT2D eigenvalue weighted by Gasteiger charge is -2.36. The Bertz CT molecular complexity index is 884. The SMILES string of the molecule is CCc1ccc2c(c1)[C@@H](N=C(NC#N)Nc1ccc(Cl)cc1)CC(C)(C)O2. The van der Waals surface area contributed by atoms with Gasteiger partial charge < -0.3 is 10.1 Å². The second-order valence-corrected chi connectivity index (χ2v) is 7.59. The lowest BCUT2D eigenvalue weighted by atomic mass is 9.89. The molecule has 0 fully saturated rings. The van der Waals surface area contributed by atoms with Gasteiger partial charge in [0.15, 0.2) is 6.19 Å². The standard InChI is InChI=1S/C21H23ClN4O/c1-4-14-5-10-19-17(11-14)18(12-21(2,3)27-19)26-20(24-13-23)25-16-8-6-15(22)7-9-16/h5-11,18H,4,12H2,1-3H3,(H2,24,25,26)/t18-/m0/s1. The fraction of sp³-hybridized carbons (Fsp3) is 0.333. The van der Waals surface area contributed by atoms with Gasteiger partial charge in [0.2, 0.25) is 5.96 Å². The van der Waals surface area contributed by atoms with E-state index in [-0.39, 0.29) is 11.6 Å². The van der Waals surface area contributed by atoms with Crippen LogP contribution in [0.4, 0.5) is 5.69 Å². The van der Waals surface area contributed by atoms with Crippen LogP contribution in [-0.4, -0.2) is 11.6 Å². The van der Waals surface area contributed by atoms with Crippen molar-refractivity contribution in [3.05, 3.63) is 58.6 Å². The molecule has 3 rings (SSSR count). The molecule has 6 heteroatoms. The minimum atomic E-state index is -0.340. The molecule has 0 radical (unpaired) electrons. The highest BCUT2D eigenvalue weighted by atomic mass is 35.5. The van der Waals surface area contributed by atoms with Crippen LogP contribution in [0.25, 0.3) is 0 Å². The molecule has 0 saturated heterocycles. The van der Waals surface area contributed by atoms with E-state index in [1.165, 1.54) is 5.56 Å². The van der Waals surface area contributed by atoms with E-state index in [0.717, 1.165) is 23.4 Å². The van der Waals surface area contributed by atoms with Gasteiger partial charge in [-0.1, -0.05) is 24.6 Å². The summed E-state index contributed by atoms with van der Waals surface area (Å²) in [7, 11) is 0. The molecule has 1 aliphatic heterocycles. The third-order valence-electron chi connectivity index (χ3n) is 4.48. The number of halogens is 1. The summed E-state index contributed by atoms with van der Waals surface area (Å²) < 4.78 is 6.13. The summed E-state index contributed by atoms with van der Waals surface area (Å²) in [6.07, 6.45) is 3.61. The summed E-state index contributed by atoms with van der Waals surface area (Å²) in [6, 6.07) is 13.4. The van der Waals surface area contributed by atoms with Gasteiger partial charge in [-0.25, -0.2) is 4.99 Å². The normalized spacial score (nSPS) is 18.0. The number of fused-ring (bicyclic) bond motifs is 1. The van der Waals surface area contributed by atoms with Crippen molar-refractivity contribution < 1.29 is 4.74 Å². The van der Waals surface area contributed by atoms with Crippen molar-refractivity contribution in [2.45, 2.75) is 45.3 Å². The molecule has 0 unspecified atom stereocenters. The fourth-order valence-corrected chi connectivity index (χ4v) is 3.30. The second kappa shape index (κ2) is 7.89. The Morgan fingerprint density at radius 2 is 2.04 bits per heavy atom. The number of nitriles is 1. The first kappa shape index (κ1) is 19.1. The van der Waals surface area contributed by atoms with Gasteiger partial charge in [-0.05, 0) is 62.2 Å². The maximum atomic E-state index is 9.14. The molecule has 5 nitrogen and oxygen atoms in total. The molecule has 0 spiro atoms. The van der Waals surface area contributed by atoms with Gasteiger partial charge in [0.25, 0.3) is 0 Å². The first-order valence-corrected chi connectivity index (χ1v) is 9.35. The van der Waals surface area contributed by atoms with Crippen molar-refractivity contribution in [1.29, 1.82) is 5.26 Å². The predicted molar refractivity (Wildman–Crippen MR) is 109 cm³/mol. The molecule has 2 aromatic rings. The van der Waals surface area contributed by atoms with E-state index in [4.69, 9.17) is 26.6 Å². The molecular formula is C21H23ClN4O. The molecule has 1 heterocycles. The molecule has 1 atom stereocenters. The van der Waals surface area contributed by atoms with Crippen LogP contribution < -0.4 is 15.4 Å². The van der Waals surface area contributed by atoms with Crippen LogP contribution in [0.3, 0.4) is 0 Å². The average molecular weight is 383 g/mol. The number of anilines is 1. The fourth-order valence-electron chi connectivity index (χ4n) is 3.18. The van der Waals surface area contributed by atoms with E-state index < -0.39 is 0 Å². The maximum absolute atomic E-state index is 9.14. The first-order chi connectivity index (χ1) is 12.9. The number of guanidine groups is 1. The van der Waals surface area contributed by atoms with Crippen LogP contribution >= 0.6 is 11.6 Å². The smallest absolute Gasteiger partial charge is 0.209 e. The number of nitrogens with zero attached hydrogens (tertiary/aromatic N) is 2. The molecule has 0 amide bonds. The van der Waals surface area contributed by atoms with Crippen molar-refractivity contribution in [3.8, 4) is 11.9 Å². The Hall–Kier alpha value is -2.71. The molecule has 0 aromatic heterocycles. The minimum absolute atomic E-state index is 0.120. The van der Waals surface area contributed by atoms with Gasteiger partial charge in [0.1, 0.15) is 11.4 Å². The Balaban J connectivity index is 1.96. The summed E-state index contributed by atoms with van der Waals surface area (Å²) in [6.45, 7) is 6.23. The van der Waals surface area contributed by atoms with E-state index in [9.17, 15) is 0 Å². The Kier molecular flexibility index (Phi) is 5.57. The van der Waals surface area contributed by atoms with Gasteiger partial charge in [-0.3, -0.25) is 5.32 Å². The number of benzene rings is 2. The summed E-state index contributed by atoms with van der Waals surface area (Å²) in [5.74, 6) is 1.25. The maximum Gasteiger partial charge on any atom is 0.209 e. The molecule has 0 saturated carbocycles. The van der Waals surface area contributed by atoms with Gasteiger partial charge >= 0.3 is 0 Å². The van der Waals surface area contributed by atoms with Crippen LogP contribution in [0.15, 0.2) is 47.5 Å². The van der Waals surface area contributed by atoms with E-state index in [1.807, 2.05) is 24.4 Å². The molecule has 0 aliphatic carbocycles. The molecule has 2 N–H and O–H groups in total. The third-order valence-corrected chi connectivity index (χ3v) is 4.73. The van der Waals surface area contributed by atoms with E-state index in [2.05, 4.69) is 43.5 Å². The minimum Gasteiger partial charge on any atom is -0.487 e. The predicted octanol–water partition coefficient (Wildman–Crippen LogP) is 5.04. The molecule has 140 valence electrons. The quantitative estimate of drug-likeness (QED) is 0.337. The Morgan fingerprint density at radius 1 is 1.30 bits per heavy atom. The largest absolute Gasteiger partial charge is 0.487 e. The third kappa shape index (κ3) is 4.72. The van der Waals surface area contributed by atoms with Gasteiger partial charge in [0.05, 0.1) is 6.04 Å². The highest BCUT2D eigenvalue weighted by Gasteiger charge is 2.34. The van der Waals surface area contributed by atoms with E-state index in [1.54, 1.807) is 12.1 Å². The van der Waals surface area contributed by atoms with Crippen LogP contribution in [0.5, 0.6) is 5.75 Å². The first-order valence-electron chi connectivity index (χ1n) is 8.97. The van der Waals surface area contributed by atoms with Crippen molar-refractivity contribution >= 4 is 23.2 Å². The average Bonchev–Trinajstić information content (AvgIpc) is 2.62. The summed E-state index contributed by atoms with van der Waals surface area (Å²) in [5.41, 5.74) is 2.74. The van der Waals surface area contributed by atoms with Crippen LogP contribution in [0, 0.1) is 11.5 Å². The zero-order chi connectivity index (χ0) is 19.4. The van der Waals surface area contributed by atoms with Gasteiger partial charge in [0, 0.05) is 22.7 Å². The van der Waals surface area contributed by atoms with Crippen LogP contribution in [0.2, 0.25) is 5.02 Å². The number of hydrogen-bond acceptors (Lipinski definition) is 3. The van der Waals surface area contributed by atoms with Gasteiger partial charge in [-0.15, -0.1) is 0 Å². The topological polar surface area (TPSA) is 69.4 Å². The number of ether oxygens (including phenoxy) is 1. The summed E-state index contributed by atoms with van der Waals surface area (Å²) in [4.78, 5) is 4.81.